The molecule has 1 aliphatic carbocycles. The summed E-state index contributed by atoms with van der Waals surface area (Å²) < 4.78 is 11.3. The molecule has 146 valence electrons. The van der Waals surface area contributed by atoms with Gasteiger partial charge in [0.1, 0.15) is 17.5 Å². The first kappa shape index (κ1) is 20.1. The van der Waals surface area contributed by atoms with Crippen LogP contribution in [0.5, 0.6) is 5.75 Å². The van der Waals surface area contributed by atoms with Crippen LogP contribution < -0.4 is 10.1 Å². The fraction of sp³-hybridized carbons (Fsp3) is 0.286. The highest BCUT2D eigenvalue weighted by Gasteiger charge is 2.39. The van der Waals surface area contributed by atoms with E-state index in [1.54, 1.807) is 20.2 Å². The van der Waals surface area contributed by atoms with Crippen molar-refractivity contribution in [3.8, 4) is 5.75 Å². The lowest BCUT2D eigenvalue weighted by Gasteiger charge is -2.29. The Bertz CT molecular complexity index is 896. The number of methoxy groups -OCH3 is 1. The van der Waals surface area contributed by atoms with E-state index in [9.17, 15) is 9.59 Å². The van der Waals surface area contributed by atoms with Crippen molar-refractivity contribution in [3.63, 3.8) is 0 Å². The number of hydrogen-bond donors (Lipinski definition) is 1. The van der Waals surface area contributed by atoms with Gasteiger partial charge in [0.05, 0.1) is 13.7 Å². The highest BCUT2D eigenvalue weighted by molar-refractivity contribution is 9.10. The zero-order valence-corrected chi connectivity index (χ0v) is 17.2. The molecule has 0 aliphatic heterocycles. The number of carbonyl (C=O) groups excluding carboxylic acids is 2. The van der Waals surface area contributed by atoms with Crippen molar-refractivity contribution in [2.75, 3.05) is 19.0 Å². The third-order valence-corrected chi connectivity index (χ3v) is 5.01. The summed E-state index contributed by atoms with van der Waals surface area (Å²) in [4.78, 5) is 29.6. The van der Waals surface area contributed by atoms with Gasteiger partial charge in [0.25, 0.3) is 0 Å². The Morgan fingerprint density at radius 1 is 1.32 bits per heavy atom. The largest absolute Gasteiger partial charge is 0.497 e. The van der Waals surface area contributed by atoms with Crippen LogP contribution in [0.25, 0.3) is 0 Å². The molecule has 2 aromatic rings. The normalized spacial score (nSPS) is 19.0. The Morgan fingerprint density at radius 3 is 2.82 bits per heavy atom. The van der Waals surface area contributed by atoms with Crippen molar-refractivity contribution in [3.05, 3.63) is 64.4 Å². The van der Waals surface area contributed by atoms with Crippen molar-refractivity contribution >= 4 is 33.5 Å². The number of aromatic nitrogens is 1. The van der Waals surface area contributed by atoms with Crippen LogP contribution in [0.1, 0.15) is 24.8 Å². The molecule has 28 heavy (non-hydrogen) atoms. The van der Waals surface area contributed by atoms with E-state index in [1.165, 1.54) is 6.08 Å². The fourth-order valence-electron chi connectivity index (χ4n) is 3.27. The van der Waals surface area contributed by atoms with Gasteiger partial charge >= 0.3 is 5.97 Å². The number of benzene rings is 1. The van der Waals surface area contributed by atoms with Gasteiger partial charge in [-0.2, -0.15) is 0 Å². The van der Waals surface area contributed by atoms with Crippen LogP contribution in [0.3, 0.4) is 0 Å². The highest BCUT2D eigenvalue weighted by Crippen LogP contribution is 2.38. The van der Waals surface area contributed by atoms with Crippen LogP contribution in [0.15, 0.2) is 58.8 Å². The van der Waals surface area contributed by atoms with Gasteiger partial charge in [0.15, 0.2) is 5.78 Å². The number of halogens is 1. The van der Waals surface area contributed by atoms with Crippen LogP contribution in [0.4, 0.5) is 5.82 Å². The number of anilines is 1. The van der Waals surface area contributed by atoms with E-state index < -0.39 is 11.9 Å². The lowest BCUT2D eigenvalue weighted by molar-refractivity contribution is -0.151. The molecule has 7 heteroatoms. The van der Waals surface area contributed by atoms with Crippen molar-refractivity contribution in [1.29, 1.82) is 0 Å². The zero-order chi connectivity index (χ0) is 20.1. The predicted molar refractivity (Wildman–Crippen MR) is 109 cm³/mol. The second-order valence-electron chi connectivity index (χ2n) is 6.38. The van der Waals surface area contributed by atoms with Crippen molar-refractivity contribution in [2.45, 2.75) is 19.3 Å². The minimum absolute atomic E-state index is 0.227. The second-order valence-corrected chi connectivity index (χ2v) is 7.29. The van der Waals surface area contributed by atoms with Crippen LogP contribution in [0.2, 0.25) is 0 Å². The maximum absolute atomic E-state index is 12.8. The molecule has 1 heterocycles. The summed E-state index contributed by atoms with van der Waals surface area (Å²) in [6, 6.07) is 11.1. The molecule has 0 bridgehead atoms. The molecule has 1 aliphatic rings. The molecule has 1 N–H and O–H groups in total. The molecule has 3 rings (SSSR count). The van der Waals surface area contributed by atoms with E-state index >= 15 is 0 Å². The SMILES string of the molecule is CCOC(=O)C1C(=O)C=C(Nc2ccc(Br)cn2)CC1c1cccc(OC)c1. The summed E-state index contributed by atoms with van der Waals surface area (Å²) in [5, 5.41) is 3.18. The molecule has 1 aromatic carbocycles. The van der Waals surface area contributed by atoms with Gasteiger partial charge < -0.3 is 14.8 Å². The fourth-order valence-corrected chi connectivity index (χ4v) is 3.50. The van der Waals surface area contributed by atoms with E-state index in [-0.39, 0.29) is 18.3 Å². The zero-order valence-electron chi connectivity index (χ0n) is 15.6. The molecule has 6 nitrogen and oxygen atoms in total. The number of carbonyl (C=O) groups is 2. The maximum atomic E-state index is 12.8. The molecule has 0 spiro atoms. The minimum Gasteiger partial charge on any atom is -0.497 e. The van der Waals surface area contributed by atoms with E-state index in [2.05, 4.69) is 26.2 Å². The summed E-state index contributed by atoms with van der Waals surface area (Å²) in [6.45, 7) is 1.96. The van der Waals surface area contributed by atoms with Crippen LogP contribution in [0, 0.1) is 5.92 Å². The highest BCUT2D eigenvalue weighted by atomic mass is 79.9. The first-order chi connectivity index (χ1) is 13.5. The van der Waals surface area contributed by atoms with Crippen molar-refractivity contribution < 1.29 is 19.1 Å². The van der Waals surface area contributed by atoms with E-state index in [4.69, 9.17) is 9.47 Å². The van der Waals surface area contributed by atoms with Gasteiger partial charge in [-0.05, 0) is 59.1 Å². The number of nitrogens with one attached hydrogen (secondary N) is 1. The number of rotatable bonds is 6. The second kappa shape index (κ2) is 9.01. The van der Waals surface area contributed by atoms with Gasteiger partial charge in [0.2, 0.25) is 0 Å². The Balaban J connectivity index is 1.93. The monoisotopic (exact) mass is 444 g/mol. The van der Waals surface area contributed by atoms with E-state index in [1.807, 2.05) is 36.4 Å². The van der Waals surface area contributed by atoms with Gasteiger partial charge in [-0.3, -0.25) is 9.59 Å². The standard InChI is InChI=1S/C21H21BrN2O4/c1-3-28-21(26)20-17(13-5-4-6-16(9-13)27-2)10-15(11-18(20)25)24-19-8-7-14(22)12-23-19/h4-9,11-12,17,20H,3,10H2,1-2H3,(H,23,24). The molecular formula is C21H21BrN2O4. The Hall–Kier alpha value is -2.67. The average Bonchev–Trinajstić information content (AvgIpc) is 2.69. The number of nitrogens with zero attached hydrogens (tertiary/aromatic N) is 1. The molecule has 0 fully saturated rings. The van der Waals surface area contributed by atoms with Gasteiger partial charge in [-0.1, -0.05) is 12.1 Å². The number of esters is 1. The molecule has 0 amide bonds. The number of hydrogen-bond acceptors (Lipinski definition) is 6. The van der Waals surface area contributed by atoms with Crippen LogP contribution in [-0.4, -0.2) is 30.5 Å². The Labute approximate surface area is 172 Å². The number of ether oxygens (including phenoxy) is 2. The van der Waals surface area contributed by atoms with Crippen LogP contribution >= 0.6 is 15.9 Å². The van der Waals surface area contributed by atoms with Crippen molar-refractivity contribution in [1.82, 2.24) is 4.98 Å². The number of ketones is 1. The molecule has 0 saturated heterocycles. The van der Waals surface area contributed by atoms with Crippen LogP contribution in [-0.2, 0) is 14.3 Å². The maximum Gasteiger partial charge on any atom is 0.317 e. The lowest BCUT2D eigenvalue weighted by Crippen LogP contribution is -2.35. The van der Waals surface area contributed by atoms with Crippen molar-refractivity contribution in [2.24, 2.45) is 5.92 Å². The Morgan fingerprint density at radius 2 is 2.14 bits per heavy atom. The third-order valence-electron chi connectivity index (χ3n) is 4.54. The molecule has 0 saturated carbocycles. The topological polar surface area (TPSA) is 77.5 Å². The average molecular weight is 445 g/mol. The summed E-state index contributed by atoms with van der Waals surface area (Å²) in [5.74, 6) is -0.720. The summed E-state index contributed by atoms with van der Waals surface area (Å²) in [5.41, 5.74) is 1.55. The smallest absolute Gasteiger partial charge is 0.317 e. The molecule has 2 atom stereocenters. The molecule has 2 unspecified atom stereocenters. The molecule has 0 radical (unpaired) electrons. The third kappa shape index (κ3) is 4.59. The van der Waals surface area contributed by atoms with Gasteiger partial charge in [-0.25, -0.2) is 4.98 Å². The predicted octanol–water partition coefficient (Wildman–Crippen LogP) is 4.08. The number of pyridine rings is 1. The minimum atomic E-state index is -0.879. The number of allylic oxidation sites excluding steroid dienone is 2. The first-order valence-corrected chi connectivity index (χ1v) is 9.74. The summed E-state index contributed by atoms with van der Waals surface area (Å²) in [6.07, 6.45) is 3.62. The first-order valence-electron chi connectivity index (χ1n) is 8.95. The molecule has 1 aromatic heterocycles. The van der Waals surface area contributed by atoms with Gasteiger partial charge in [0, 0.05) is 28.4 Å². The van der Waals surface area contributed by atoms with Gasteiger partial charge in [-0.15, -0.1) is 0 Å². The quantitative estimate of drug-likeness (QED) is 0.533. The Kier molecular flexibility index (Phi) is 6.46. The van der Waals surface area contributed by atoms with E-state index in [0.717, 1.165) is 10.0 Å². The lowest BCUT2D eigenvalue weighted by atomic mass is 9.76. The van der Waals surface area contributed by atoms with E-state index in [0.29, 0.717) is 23.7 Å². The summed E-state index contributed by atoms with van der Waals surface area (Å²) >= 11 is 3.35. The summed E-state index contributed by atoms with van der Waals surface area (Å²) in [7, 11) is 1.58. The molecular weight excluding hydrogens is 424 g/mol.